The van der Waals surface area contributed by atoms with Gasteiger partial charge in [0.05, 0.1) is 15.2 Å². The Morgan fingerprint density at radius 3 is 2.67 bits per heavy atom. The Morgan fingerprint density at radius 1 is 1.38 bits per heavy atom. The van der Waals surface area contributed by atoms with Gasteiger partial charge in [-0.2, -0.15) is 5.10 Å². The molecule has 124 valence electrons. The first-order chi connectivity index (χ1) is 11.4. The number of aromatic carboxylic acids is 1. The monoisotopic (exact) mass is 428 g/mol. The lowest BCUT2D eigenvalue weighted by Gasteiger charge is -2.09. The lowest BCUT2D eigenvalue weighted by Crippen LogP contribution is -2.03. The number of carboxylic acids is 1. The van der Waals surface area contributed by atoms with Crippen LogP contribution in [0.15, 0.2) is 39.4 Å². The number of rotatable bonds is 4. The zero-order valence-corrected chi connectivity index (χ0v) is 15.5. The van der Waals surface area contributed by atoms with Crippen LogP contribution in [-0.2, 0) is 6.42 Å². The van der Waals surface area contributed by atoms with E-state index in [4.69, 9.17) is 27.6 Å². The van der Waals surface area contributed by atoms with Crippen LogP contribution in [0.3, 0.4) is 0 Å². The summed E-state index contributed by atoms with van der Waals surface area (Å²) in [4.78, 5) is 11.6. The highest BCUT2D eigenvalue weighted by Crippen LogP contribution is 2.35. The second-order valence-corrected chi connectivity index (χ2v) is 6.73. The van der Waals surface area contributed by atoms with Crippen molar-refractivity contribution in [3.8, 4) is 17.1 Å². The topological polar surface area (TPSA) is 68.3 Å². The summed E-state index contributed by atoms with van der Waals surface area (Å²) < 4.78 is 7.76. The van der Waals surface area contributed by atoms with Crippen LogP contribution in [0.25, 0.3) is 17.1 Å². The van der Waals surface area contributed by atoms with E-state index < -0.39 is 5.97 Å². The summed E-state index contributed by atoms with van der Waals surface area (Å²) in [6.45, 7) is 1.86. The van der Waals surface area contributed by atoms with Crippen molar-refractivity contribution in [2.75, 3.05) is 0 Å². The van der Waals surface area contributed by atoms with Crippen LogP contribution in [-0.4, -0.2) is 20.9 Å². The van der Waals surface area contributed by atoms with Crippen LogP contribution in [0.1, 0.15) is 23.0 Å². The van der Waals surface area contributed by atoms with Gasteiger partial charge in [0.2, 0.25) is 0 Å². The molecule has 0 saturated carbocycles. The molecule has 0 atom stereocenters. The SMILES string of the molecule is CCc1c(C(=O)O)nn(-c2ccc(Cl)cc2Cl)c1-c1cc(Br)co1. The van der Waals surface area contributed by atoms with E-state index in [1.54, 1.807) is 24.3 Å². The van der Waals surface area contributed by atoms with E-state index in [2.05, 4.69) is 21.0 Å². The van der Waals surface area contributed by atoms with Gasteiger partial charge in [0.15, 0.2) is 11.5 Å². The molecular formula is C16H11BrCl2N2O3. The predicted molar refractivity (Wildman–Crippen MR) is 95.3 cm³/mol. The maximum absolute atomic E-state index is 11.6. The highest BCUT2D eigenvalue weighted by molar-refractivity contribution is 9.10. The van der Waals surface area contributed by atoms with Crippen LogP contribution < -0.4 is 0 Å². The second-order valence-electron chi connectivity index (χ2n) is 4.97. The number of carbonyl (C=O) groups is 1. The number of furan rings is 1. The Labute approximate surface area is 155 Å². The lowest BCUT2D eigenvalue weighted by atomic mass is 10.1. The van der Waals surface area contributed by atoms with Crippen molar-refractivity contribution in [2.45, 2.75) is 13.3 Å². The third-order valence-electron chi connectivity index (χ3n) is 3.48. The minimum absolute atomic E-state index is 0.0361. The van der Waals surface area contributed by atoms with Gasteiger partial charge in [0.25, 0.3) is 0 Å². The van der Waals surface area contributed by atoms with Gasteiger partial charge in [-0.15, -0.1) is 0 Å². The molecule has 3 rings (SSSR count). The third-order valence-corrected chi connectivity index (χ3v) is 4.43. The molecule has 1 N–H and O–H groups in total. The number of nitrogens with zero attached hydrogens (tertiary/aromatic N) is 2. The maximum Gasteiger partial charge on any atom is 0.356 e. The molecule has 3 aromatic rings. The van der Waals surface area contributed by atoms with Crippen molar-refractivity contribution in [1.29, 1.82) is 0 Å². The number of hydrogen-bond acceptors (Lipinski definition) is 3. The summed E-state index contributed by atoms with van der Waals surface area (Å²) in [6, 6.07) is 6.68. The maximum atomic E-state index is 11.6. The Morgan fingerprint density at radius 2 is 2.12 bits per heavy atom. The fourth-order valence-electron chi connectivity index (χ4n) is 2.47. The molecule has 2 heterocycles. The van der Waals surface area contributed by atoms with Crippen LogP contribution in [0.5, 0.6) is 0 Å². The number of halogens is 3. The van der Waals surface area contributed by atoms with E-state index in [-0.39, 0.29) is 5.69 Å². The molecule has 5 nitrogen and oxygen atoms in total. The molecule has 8 heteroatoms. The summed E-state index contributed by atoms with van der Waals surface area (Å²) in [5, 5.41) is 14.6. The van der Waals surface area contributed by atoms with Crippen molar-refractivity contribution >= 4 is 45.1 Å². The van der Waals surface area contributed by atoms with E-state index >= 15 is 0 Å². The first-order valence-electron chi connectivity index (χ1n) is 6.97. The second kappa shape index (κ2) is 6.63. The zero-order chi connectivity index (χ0) is 17.4. The summed E-state index contributed by atoms with van der Waals surface area (Å²) in [5.74, 6) is -0.618. The molecule has 0 amide bonds. The summed E-state index contributed by atoms with van der Waals surface area (Å²) >= 11 is 15.6. The lowest BCUT2D eigenvalue weighted by molar-refractivity contribution is 0.0689. The van der Waals surface area contributed by atoms with Gasteiger partial charge in [-0.3, -0.25) is 0 Å². The molecule has 0 aliphatic rings. The first-order valence-corrected chi connectivity index (χ1v) is 8.52. The van der Waals surface area contributed by atoms with Crippen molar-refractivity contribution in [3.63, 3.8) is 0 Å². The fraction of sp³-hybridized carbons (Fsp3) is 0.125. The van der Waals surface area contributed by atoms with E-state index in [1.165, 1.54) is 10.9 Å². The molecular weight excluding hydrogens is 419 g/mol. The van der Waals surface area contributed by atoms with E-state index in [1.807, 2.05) is 6.92 Å². The Hall–Kier alpha value is -1.76. The normalized spacial score (nSPS) is 11.0. The van der Waals surface area contributed by atoms with Crippen molar-refractivity contribution in [3.05, 3.63) is 56.3 Å². The molecule has 0 aliphatic heterocycles. The molecule has 0 spiro atoms. The van der Waals surface area contributed by atoms with Gasteiger partial charge >= 0.3 is 5.97 Å². The van der Waals surface area contributed by atoms with E-state index in [9.17, 15) is 9.90 Å². The molecule has 0 aliphatic carbocycles. The molecule has 0 fully saturated rings. The molecule has 0 bridgehead atoms. The van der Waals surface area contributed by atoms with Gasteiger partial charge in [-0.25, -0.2) is 9.48 Å². The minimum atomic E-state index is -1.11. The number of hydrogen-bond donors (Lipinski definition) is 1. The summed E-state index contributed by atoms with van der Waals surface area (Å²) in [7, 11) is 0. The smallest absolute Gasteiger partial charge is 0.356 e. The molecule has 24 heavy (non-hydrogen) atoms. The van der Waals surface area contributed by atoms with Gasteiger partial charge < -0.3 is 9.52 Å². The predicted octanol–water partition coefficient (Wildman–Crippen LogP) is 5.46. The number of carboxylic acid groups (broad SMARTS) is 1. The van der Waals surface area contributed by atoms with Crippen molar-refractivity contribution in [1.82, 2.24) is 9.78 Å². The Balaban J connectivity index is 2.34. The first kappa shape index (κ1) is 17.1. The average molecular weight is 430 g/mol. The van der Waals surface area contributed by atoms with E-state index in [0.717, 1.165) is 4.47 Å². The average Bonchev–Trinajstić information content (AvgIpc) is 3.10. The third kappa shape index (κ3) is 2.97. The van der Waals surface area contributed by atoms with Crippen LogP contribution in [0, 0.1) is 0 Å². The van der Waals surface area contributed by atoms with Crippen LogP contribution >= 0.6 is 39.1 Å². The van der Waals surface area contributed by atoms with Gasteiger partial charge in [-0.05, 0) is 40.5 Å². The van der Waals surface area contributed by atoms with Crippen molar-refractivity contribution in [2.24, 2.45) is 0 Å². The molecule has 0 unspecified atom stereocenters. The standard InChI is InChI=1S/C16H11BrCl2N2O3/c1-2-10-14(16(22)23)20-21(12-4-3-9(18)6-11(12)19)15(10)13-5-8(17)7-24-13/h3-7H,2H2,1H3,(H,22,23). The summed E-state index contributed by atoms with van der Waals surface area (Å²) in [6.07, 6.45) is 2.00. The van der Waals surface area contributed by atoms with Gasteiger partial charge in [-0.1, -0.05) is 30.1 Å². The Kier molecular flexibility index (Phi) is 4.71. The van der Waals surface area contributed by atoms with Crippen LogP contribution in [0.2, 0.25) is 10.0 Å². The largest absolute Gasteiger partial charge is 0.476 e. The van der Waals surface area contributed by atoms with Gasteiger partial charge in [0, 0.05) is 16.7 Å². The van der Waals surface area contributed by atoms with Crippen molar-refractivity contribution < 1.29 is 14.3 Å². The molecule has 0 saturated heterocycles. The van der Waals surface area contributed by atoms with Gasteiger partial charge in [0.1, 0.15) is 12.0 Å². The minimum Gasteiger partial charge on any atom is -0.476 e. The molecule has 0 radical (unpaired) electrons. The fourth-order valence-corrected chi connectivity index (χ4v) is 3.26. The summed E-state index contributed by atoms with van der Waals surface area (Å²) in [5.41, 5.74) is 1.59. The molecule has 2 aromatic heterocycles. The van der Waals surface area contributed by atoms with Crippen LogP contribution in [0.4, 0.5) is 0 Å². The van der Waals surface area contributed by atoms with E-state index in [0.29, 0.717) is 39.2 Å². The molecule has 1 aromatic carbocycles. The highest BCUT2D eigenvalue weighted by Gasteiger charge is 2.26. The zero-order valence-electron chi connectivity index (χ0n) is 12.4. The highest BCUT2D eigenvalue weighted by atomic mass is 79.9. The Bertz CT molecular complexity index is 934. The number of aromatic nitrogens is 2. The quantitative estimate of drug-likeness (QED) is 0.597. The number of benzene rings is 1.